The lowest BCUT2D eigenvalue weighted by Gasteiger charge is -2.16. The topological polar surface area (TPSA) is 50.7 Å². The first-order valence-corrected chi connectivity index (χ1v) is 7.06. The molecule has 0 aromatic carbocycles. The summed E-state index contributed by atoms with van der Waals surface area (Å²) in [5.41, 5.74) is -0.170. The van der Waals surface area contributed by atoms with Gasteiger partial charge >= 0.3 is 6.18 Å². The van der Waals surface area contributed by atoms with E-state index in [-0.39, 0.29) is 6.04 Å². The molecule has 1 atom stereocenters. The highest BCUT2D eigenvalue weighted by Crippen LogP contribution is 2.39. The van der Waals surface area contributed by atoms with Crippen LogP contribution in [0.5, 0.6) is 0 Å². The fourth-order valence-corrected chi connectivity index (χ4v) is 2.28. The molecule has 4 nitrogen and oxygen atoms in total. The van der Waals surface area contributed by atoms with Crippen molar-refractivity contribution in [2.24, 2.45) is 5.92 Å². The van der Waals surface area contributed by atoms with Gasteiger partial charge in [-0.05, 0) is 37.0 Å². The van der Waals surface area contributed by atoms with Gasteiger partial charge in [-0.3, -0.25) is 4.98 Å². The highest BCUT2D eigenvalue weighted by atomic mass is 19.4. The lowest BCUT2D eigenvalue weighted by Crippen LogP contribution is -2.25. The maximum atomic E-state index is 12.5. The molecule has 1 N–H and O–H groups in total. The summed E-state index contributed by atoms with van der Waals surface area (Å²) in [5.74, 6) is 1.20. The van der Waals surface area contributed by atoms with Gasteiger partial charge in [-0.25, -0.2) is 9.97 Å². The van der Waals surface area contributed by atoms with E-state index < -0.39 is 11.7 Å². The molecule has 2 aromatic heterocycles. The number of aromatic nitrogens is 3. The van der Waals surface area contributed by atoms with Crippen LogP contribution in [0.25, 0.3) is 0 Å². The van der Waals surface area contributed by atoms with Gasteiger partial charge in [-0.1, -0.05) is 0 Å². The SMILES string of the molecule is FC(F)(F)c1ccc(CNC(c2ncccn2)C2CC2)nc1. The molecule has 0 amide bonds. The van der Waals surface area contributed by atoms with Crippen molar-refractivity contribution >= 4 is 0 Å². The molecule has 0 spiro atoms. The van der Waals surface area contributed by atoms with Crippen LogP contribution in [0.4, 0.5) is 13.2 Å². The number of pyridine rings is 1. The second kappa shape index (κ2) is 6.00. The molecule has 3 rings (SSSR count). The number of hydrogen-bond donors (Lipinski definition) is 1. The molecule has 0 aliphatic heterocycles. The maximum Gasteiger partial charge on any atom is 0.417 e. The molecule has 22 heavy (non-hydrogen) atoms. The second-order valence-corrected chi connectivity index (χ2v) is 5.34. The summed E-state index contributed by atoms with van der Waals surface area (Å²) in [6, 6.07) is 4.22. The van der Waals surface area contributed by atoms with Crippen molar-refractivity contribution < 1.29 is 13.2 Å². The number of alkyl halides is 3. The maximum absolute atomic E-state index is 12.5. The van der Waals surface area contributed by atoms with Crippen LogP contribution < -0.4 is 5.32 Å². The standard InChI is InChI=1S/C15H15F3N4/c16-15(17,18)11-4-5-12(21-8-11)9-22-13(10-2-3-10)14-19-6-1-7-20-14/h1,4-8,10,13,22H,2-3,9H2. The zero-order valence-corrected chi connectivity index (χ0v) is 11.7. The third kappa shape index (κ3) is 3.59. The summed E-state index contributed by atoms with van der Waals surface area (Å²) >= 11 is 0. The van der Waals surface area contributed by atoms with Crippen molar-refractivity contribution in [2.45, 2.75) is 31.6 Å². The molecule has 1 fully saturated rings. The first-order valence-electron chi connectivity index (χ1n) is 7.06. The van der Waals surface area contributed by atoms with Crippen LogP contribution in [0.2, 0.25) is 0 Å². The van der Waals surface area contributed by atoms with Crippen LogP contribution in [0, 0.1) is 5.92 Å². The van der Waals surface area contributed by atoms with Crippen LogP contribution in [-0.4, -0.2) is 15.0 Å². The van der Waals surface area contributed by atoms with Gasteiger partial charge in [-0.15, -0.1) is 0 Å². The Morgan fingerprint density at radius 3 is 2.41 bits per heavy atom. The minimum absolute atomic E-state index is 0.0188. The largest absolute Gasteiger partial charge is 0.417 e. The molecule has 0 bridgehead atoms. The van der Waals surface area contributed by atoms with E-state index in [1.54, 1.807) is 18.5 Å². The van der Waals surface area contributed by atoms with Crippen molar-refractivity contribution in [3.8, 4) is 0 Å². The zero-order chi connectivity index (χ0) is 15.6. The normalized spacial score (nSPS) is 16.5. The van der Waals surface area contributed by atoms with Gasteiger partial charge < -0.3 is 5.32 Å². The molecule has 1 unspecified atom stereocenters. The van der Waals surface area contributed by atoms with Crippen molar-refractivity contribution in [2.75, 3.05) is 0 Å². The van der Waals surface area contributed by atoms with E-state index in [1.807, 2.05) is 0 Å². The van der Waals surface area contributed by atoms with Crippen LogP contribution in [0.15, 0.2) is 36.8 Å². The minimum atomic E-state index is -4.35. The lowest BCUT2D eigenvalue weighted by molar-refractivity contribution is -0.137. The average Bonchev–Trinajstić information content (AvgIpc) is 3.33. The van der Waals surface area contributed by atoms with E-state index in [0.717, 1.165) is 30.9 Å². The molecule has 1 aliphatic rings. The van der Waals surface area contributed by atoms with E-state index in [9.17, 15) is 13.2 Å². The molecule has 2 heterocycles. The predicted molar refractivity (Wildman–Crippen MR) is 73.6 cm³/mol. The zero-order valence-electron chi connectivity index (χ0n) is 11.7. The monoisotopic (exact) mass is 308 g/mol. The summed E-state index contributed by atoms with van der Waals surface area (Å²) in [6.45, 7) is 0.386. The predicted octanol–water partition coefficient (Wildman–Crippen LogP) is 3.13. The molecule has 1 aliphatic carbocycles. The highest BCUT2D eigenvalue weighted by Gasteiger charge is 2.34. The molecule has 0 radical (unpaired) electrons. The Morgan fingerprint density at radius 2 is 1.86 bits per heavy atom. The number of hydrogen-bond acceptors (Lipinski definition) is 4. The van der Waals surface area contributed by atoms with Crippen LogP contribution in [0.3, 0.4) is 0 Å². The lowest BCUT2D eigenvalue weighted by atomic mass is 10.1. The molecule has 1 saturated carbocycles. The van der Waals surface area contributed by atoms with E-state index in [0.29, 0.717) is 18.2 Å². The van der Waals surface area contributed by atoms with E-state index in [4.69, 9.17) is 0 Å². The Hall–Kier alpha value is -2.02. The summed E-state index contributed by atoms with van der Waals surface area (Å²) in [6.07, 6.45) is 2.10. The Balaban J connectivity index is 1.65. The van der Waals surface area contributed by atoms with Gasteiger partial charge in [0, 0.05) is 25.1 Å². The van der Waals surface area contributed by atoms with Gasteiger partial charge in [0.05, 0.1) is 17.3 Å². The van der Waals surface area contributed by atoms with Crippen LogP contribution in [0.1, 0.15) is 36.0 Å². The Labute approximate surface area is 125 Å². The van der Waals surface area contributed by atoms with Crippen molar-refractivity contribution in [3.63, 3.8) is 0 Å². The third-order valence-corrected chi connectivity index (χ3v) is 3.61. The number of nitrogens with zero attached hydrogens (tertiary/aromatic N) is 3. The second-order valence-electron chi connectivity index (χ2n) is 5.34. The minimum Gasteiger partial charge on any atom is -0.301 e. The highest BCUT2D eigenvalue weighted by molar-refractivity contribution is 5.17. The molecule has 0 saturated heterocycles. The smallest absolute Gasteiger partial charge is 0.301 e. The van der Waals surface area contributed by atoms with Gasteiger partial charge in [-0.2, -0.15) is 13.2 Å². The van der Waals surface area contributed by atoms with Crippen LogP contribution in [-0.2, 0) is 12.7 Å². The molecule has 116 valence electrons. The van der Waals surface area contributed by atoms with Gasteiger partial charge in [0.15, 0.2) is 0 Å². The third-order valence-electron chi connectivity index (χ3n) is 3.61. The number of halogens is 3. The fourth-order valence-electron chi connectivity index (χ4n) is 2.28. The number of rotatable bonds is 5. The van der Waals surface area contributed by atoms with Crippen molar-refractivity contribution in [1.82, 2.24) is 20.3 Å². The molecule has 7 heteroatoms. The number of nitrogens with one attached hydrogen (secondary N) is 1. The van der Waals surface area contributed by atoms with E-state index in [2.05, 4.69) is 20.3 Å². The van der Waals surface area contributed by atoms with Crippen molar-refractivity contribution in [1.29, 1.82) is 0 Å². The quantitative estimate of drug-likeness (QED) is 0.922. The van der Waals surface area contributed by atoms with Gasteiger partial charge in [0.2, 0.25) is 0 Å². The Kier molecular flexibility index (Phi) is 4.06. The molecular formula is C15H15F3N4. The van der Waals surface area contributed by atoms with E-state index in [1.165, 1.54) is 6.07 Å². The van der Waals surface area contributed by atoms with Gasteiger partial charge in [0.1, 0.15) is 5.82 Å². The average molecular weight is 308 g/mol. The van der Waals surface area contributed by atoms with Crippen LogP contribution >= 0.6 is 0 Å². The molecular weight excluding hydrogens is 293 g/mol. The first-order chi connectivity index (χ1) is 10.5. The first kappa shape index (κ1) is 14.9. The fraction of sp³-hybridized carbons (Fsp3) is 0.400. The van der Waals surface area contributed by atoms with Gasteiger partial charge in [0.25, 0.3) is 0 Å². The summed E-state index contributed by atoms with van der Waals surface area (Å²) < 4.78 is 37.5. The Morgan fingerprint density at radius 1 is 1.14 bits per heavy atom. The Bertz CT molecular complexity index is 609. The molecule has 2 aromatic rings. The van der Waals surface area contributed by atoms with E-state index >= 15 is 0 Å². The summed E-state index contributed by atoms with van der Waals surface area (Å²) in [5, 5.41) is 3.30. The van der Waals surface area contributed by atoms with Crippen molar-refractivity contribution in [3.05, 3.63) is 53.9 Å². The summed E-state index contributed by atoms with van der Waals surface area (Å²) in [7, 11) is 0. The summed E-state index contributed by atoms with van der Waals surface area (Å²) in [4.78, 5) is 12.4.